The fourth-order valence-electron chi connectivity index (χ4n) is 2.24. The lowest BCUT2D eigenvalue weighted by Gasteiger charge is -2.10. The Labute approximate surface area is 127 Å². The Kier molecular flexibility index (Phi) is 4.04. The maximum atomic E-state index is 9.37. The maximum absolute atomic E-state index is 9.37. The number of pyridine rings is 1. The Morgan fingerprint density at radius 3 is 2.62 bits per heavy atom. The number of hydrogen-bond acceptors (Lipinski definition) is 3. The second kappa shape index (κ2) is 6.12. The Morgan fingerprint density at radius 2 is 1.86 bits per heavy atom. The molecule has 0 atom stereocenters. The molecule has 0 saturated carbocycles. The van der Waals surface area contributed by atoms with Gasteiger partial charge in [0.2, 0.25) is 5.88 Å². The standard InChI is InChI=1S/C17H14ClNO2/c18-14-5-3-4-12(8-14)11-21-17-16-7-2-1-6-15(16)13(10-20)9-19-17/h1-9,20H,10-11H2. The molecule has 0 fully saturated rings. The molecule has 106 valence electrons. The summed E-state index contributed by atoms with van der Waals surface area (Å²) in [6.45, 7) is 0.359. The fraction of sp³-hybridized carbons (Fsp3) is 0.118. The van der Waals surface area contributed by atoms with E-state index in [-0.39, 0.29) is 6.61 Å². The zero-order valence-electron chi connectivity index (χ0n) is 11.3. The number of halogens is 1. The lowest BCUT2D eigenvalue weighted by atomic mass is 10.1. The van der Waals surface area contributed by atoms with Gasteiger partial charge in [-0.3, -0.25) is 0 Å². The van der Waals surface area contributed by atoms with Crippen molar-refractivity contribution < 1.29 is 9.84 Å². The van der Waals surface area contributed by atoms with Crippen molar-refractivity contribution in [1.29, 1.82) is 0 Å². The number of fused-ring (bicyclic) bond motifs is 1. The average Bonchev–Trinajstić information content (AvgIpc) is 2.52. The minimum Gasteiger partial charge on any atom is -0.472 e. The summed E-state index contributed by atoms with van der Waals surface area (Å²) in [7, 11) is 0. The van der Waals surface area contributed by atoms with Gasteiger partial charge in [-0.15, -0.1) is 0 Å². The Morgan fingerprint density at radius 1 is 1.05 bits per heavy atom. The van der Waals surface area contributed by atoms with Crippen molar-refractivity contribution in [3.63, 3.8) is 0 Å². The number of nitrogens with zero attached hydrogens (tertiary/aromatic N) is 1. The second-order valence-corrected chi connectivity index (χ2v) is 5.15. The molecule has 3 nitrogen and oxygen atoms in total. The van der Waals surface area contributed by atoms with Crippen LogP contribution in [-0.4, -0.2) is 10.1 Å². The maximum Gasteiger partial charge on any atom is 0.221 e. The summed E-state index contributed by atoms with van der Waals surface area (Å²) in [5, 5.41) is 11.9. The molecule has 0 bridgehead atoms. The van der Waals surface area contributed by atoms with Crippen molar-refractivity contribution in [2.24, 2.45) is 0 Å². The van der Waals surface area contributed by atoms with Gasteiger partial charge in [0.05, 0.1) is 6.61 Å². The molecule has 0 aliphatic heterocycles. The van der Waals surface area contributed by atoms with Crippen molar-refractivity contribution >= 4 is 22.4 Å². The molecule has 2 aromatic carbocycles. The smallest absolute Gasteiger partial charge is 0.221 e. The van der Waals surface area contributed by atoms with E-state index in [0.717, 1.165) is 21.9 Å². The third kappa shape index (κ3) is 2.99. The zero-order chi connectivity index (χ0) is 14.7. The quantitative estimate of drug-likeness (QED) is 0.793. The fourth-order valence-corrected chi connectivity index (χ4v) is 2.46. The molecule has 1 heterocycles. The molecule has 0 aliphatic rings. The monoisotopic (exact) mass is 299 g/mol. The van der Waals surface area contributed by atoms with E-state index >= 15 is 0 Å². The van der Waals surface area contributed by atoms with Crippen LogP contribution in [0, 0.1) is 0 Å². The van der Waals surface area contributed by atoms with Crippen LogP contribution >= 0.6 is 11.6 Å². The van der Waals surface area contributed by atoms with Crippen LogP contribution in [0.25, 0.3) is 10.8 Å². The van der Waals surface area contributed by atoms with Crippen LogP contribution in [0.2, 0.25) is 5.02 Å². The number of aliphatic hydroxyl groups excluding tert-OH is 1. The summed E-state index contributed by atoms with van der Waals surface area (Å²) in [6, 6.07) is 15.3. The largest absolute Gasteiger partial charge is 0.472 e. The van der Waals surface area contributed by atoms with E-state index in [4.69, 9.17) is 16.3 Å². The third-order valence-corrected chi connectivity index (χ3v) is 3.51. The van der Waals surface area contributed by atoms with Gasteiger partial charge in [0.15, 0.2) is 0 Å². The highest BCUT2D eigenvalue weighted by Crippen LogP contribution is 2.26. The van der Waals surface area contributed by atoms with Gasteiger partial charge in [-0.2, -0.15) is 0 Å². The lowest BCUT2D eigenvalue weighted by Crippen LogP contribution is -1.99. The van der Waals surface area contributed by atoms with Crippen molar-refractivity contribution in [1.82, 2.24) is 4.98 Å². The van der Waals surface area contributed by atoms with Crippen LogP contribution in [0.5, 0.6) is 5.88 Å². The highest BCUT2D eigenvalue weighted by atomic mass is 35.5. The molecule has 21 heavy (non-hydrogen) atoms. The van der Waals surface area contributed by atoms with Crippen LogP contribution in [-0.2, 0) is 13.2 Å². The first-order valence-corrected chi connectivity index (χ1v) is 7.00. The number of benzene rings is 2. The van der Waals surface area contributed by atoms with Crippen LogP contribution < -0.4 is 4.74 Å². The molecule has 0 radical (unpaired) electrons. The third-order valence-electron chi connectivity index (χ3n) is 3.28. The molecule has 4 heteroatoms. The van der Waals surface area contributed by atoms with Crippen molar-refractivity contribution in [3.05, 3.63) is 70.9 Å². The highest BCUT2D eigenvalue weighted by Gasteiger charge is 2.08. The number of rotatable bonds is 4. The van der Waals surface area contributed by atoms with E-state index in [2.05, 4.69) is 4.98 Å². The van der Waals surface area contributed by atoms with Gasteiger partial charge < -0.3 is 9.84 Å². The van der Waals surface area contributed by atoms with E-state index in [0.29, 0.717) is 17.5 Å². The topological polar surface area (TPSA) is 42.4 Å². The molecule has 0 spiro atoms. The van der Waals surface area contributed by atoms with Crippen LogP contribution in [0.4, 0.5) is 0 Å². The van der Waals surface area contributed by atoms with Gasteiger partial charge in [0.25, 0.3) is 0 Å². The molecular formula is C17H14ClNO2. The van der Waals surface area contributed by atoms with Gasteiger partial charge in [-0.1, -0.05) is 41.9 Å². The van der Waals surface area contributed by atoms with Crippen LogP contribution in [0.1, 0.15) is 11.1 Å². The molecule has 1 N–H and O–H groups in total. The number of aliphatic hydroxyl groups is 1. The minimum absolute atomic E-state index is 0.0396. The summed E-state index contributed by atoms with van der Waals surface area (Å²) in [5.74, 6) is 0.558. The molecule has 0 saturated heterocycles. The SMILES string of the molecule is OCc1cnc(OCc2cccc(Cl)c2)c2ccccc12. The predicted octanol–water partition coefficient (Wildman–Crippen LogP) is 3.96. The first-order valence-electron chi connectivity index (χ1n) is 6.62. The second-order valence-electron chi connectivity index (χ2n) is 4.71. The Bertz CT molecular complexity index is 774. The molecule has 3 aromatic rings. The first kappa shape index (κ1) is 13.9. The number of hydrogen-bond donors (Lipinski definition) is 1. The Balaban J connectivity index is 1.91. The molecule has 0 amide bonds. The van der Waals surface area contributed by atoms with Crippen molar-refractivity contribution in [3.8, 4) is 5.88 Å². The van der Waals surface area contributed by atoms with Gasteiger partial charge in [0.1, 0.15) is 6.61 Å². The molecular weight excluding hydrogens is 286 g/mol. The minimum atomic E-state index is -0.0396. The van der Waals surface area contributed by atoms with E-state index in [1.807, 2.05) is 48.5 Å². The normalized spacial score (nSPS) is 10.8. The van der Waals surface area contributed by atoms with Crippen molar-refractivity contribution in [2.45, 2.75) is 13.2 Å². The average molecular weight is 300 g/mol. The summed E-state index contributed by atoms with van der Waals surface area (Å²) in [5.41, 5.74) is 1.78. The van der Waals surface area contributed by atoms with Crippen LogP contribution in [0.3, 0.4) is 0 Å². The highest BCUT2D eigenvalue weighted by molar-refractivity contribution is 6.30. The number of ether oxygens (including phenoxy) is 1. The Hall–Kier alpha value is -2.10. The lowest BCUT2D eigenvalue weighted by molar-refractivity contribution is 0.280. The van der Waals surface area contributed by atoms with E-state index in [1.165, 1.54) is 0 Å². The zero-order valence-corrected chi connectivity index (χ0v) is 12.0. The summed E-state index contributed by atoms with van der Waals surface area (Å²) in [4.78, 5) is 4.30. The summed E-state index contributed by atoms with van der Waals surface area (Å²) >= 11 is 5.96. The van der Waals surface area contributed by atoms with Gasteiger partial charge in [-0.05, 0) is 29.1 Å². The van der Waals surface area contributed by atoms with Gasteiger partial charge in [-0.25, -0.2) is 4.98 Å². The van der Waals surface area contributed by atoms with Gasteiger partial charge in [0, 0.05) is 22.2 Å². The van der Waals surface area contributed by atoms with E-state index in [1.54, 1.807) is 6.20 Å². The number of aromatic nitrogens is 1. The van der Waals surface area contributed by atoms with E-state index < -0.39 is 0 Å². The van der Waals surface area contributed by atoms with Gasteiger partial charge >= 0.3 is 0 Å². The summed E-state index contributed by atoms with van der Waals surface area (Å²) < 4.78 is 5.81. The first-order chi connectivity index (χ1) is 10.3. The summed E-state index contributed by atoms with van der Waals surface area (Å²) in [6.07, 6.45) is 1.65. The van der Waals surface area contributed by atoms with E-state index in [9.17, 15) is 5.11 Å². The molecule has 0 unspecified atom stereocenters. The molecule has 0 aliphatic carbocycles. The molecule has 3 rings (SSSR count). The molecule has 1 aromatic heterocycles. The van der Waals surface area contributed by atoms with Crippen LogP contribution in [0.15, 0.2) is 54.7 Å². The van der Waals surface area contributed by atoms with Crippen molar-refractivity contribution in [2.75, 3.05) is 0 Å². The predicted molar refractivity (Wildman–Crippen MR) is 83.4 cm³/mol.